The highest BCUT2D eigenvalue weighted by molar-refractivity contribution is 6.33. The number of hydrogen-bond donors (Lipinski definition) is 1. The van der Waals surface area contributed by atoms with Crippen molar-refractivity contribution in [2.75, 3.05) is 18.9 Å². The molecule has 3 nitrogen and oxygen atoms in total. The van der Waals surface area contributed by atoms with E-state index in [1.54, 1.807) is 31.3 Å². The van der Waals surface area contributed by atoms with Gasteiger partial charge in [-0.25, -0.2) is 4.79 Å². The van der Waals surface area contributed by atoms with Gasteiger partial charge in [0.25, 0.3) is 0 Å². The van der Waals surface area contributed by atoms with Crippen molar-refractivity contribution in [2.45, 2.75) is 0 Å². The molecule has 0 aromatic heterocycles. The molecule has 1 rings (SSSR count). The lowest BCUT2D eigenvalue weighted by Gasteiger charge is -2.15. The van der Waals surface area contributed by atoms with E-state index in [2.05, 4.69) is 11.2 Å². The molecule has 2 amide bonds. The van der Waals surface area contributed by atoms with Crippen molar-refractivity contribution < 1.29 is 4.79 Å². The van der Waals surface area contributed by atoms with Crippen LogP contribution in [0.25, 0.3) is 0 Å². The Balaban J connectivity index is 2.67. The van der Waals surface area contributed by atoms with Gasteiger partial charge in [-0.15, -0.1) is 6.42 Å². The zero-order chi connectivity index (χ0) is 11.3. The van der Waals surface area contributed by atoms with Gasteiger partial charge in [-0.3, -0.25) is 0 Å². The first-order valence-electron chi connectivity index (χ1n) is 4.35. The molecule has 0 heterocycles. The molecule has 1 N–H and O–H groups in total. The summed E-state index contributed by atoms with van der Waals surface area (Å²) in [6, 6.07) is 6.75. The fourth-order valence-corrected chi connectivity index (χ4v) is 1.16. The number of carbonyl (C=O) groups is 1. The van der Waals surface area contributed by atoms with E-state index in [1.807, 2.05) is 0 Å². The lowest BCUT2D eigenvalue weighted by atomic mass is 10.3. The van der Waals surface area contributed by atoms with E-state index in [-0.39, 0.29) is 12.6 Å². The Morgan fingerprint density at radius 1 is 1.60 bits per heavy atom. The van der Waals surface area contributed by atoms with E-state index in [0.717, 1.165) is 0 Å². The molecule has 0 aliphatic rings. The van der Waals surface area contributed by atoms with Crippen molar-refractivity contribution in [2.24, 2.45) is 0 Å². The highest BCUT2D eigenvalue weighted by Gasteiger charge is 2.08. The van der Waals surface area contributed by atoms with Crippen LogP contribution in [0.1, 0.15) is 0 Å². The van der Waals surface area contributed by atoms with Crippen LogP contribution in [0.2, 0.25) is 5.02 Å². The maximum Gasteiger partial charge on any atom is 0.322 e. The Morgan fingerprint density at radius 2 is 2.27 bits per heavy atom. The van der Waals surface area contributed by atoms with E-state index in [9.17, 15) is 4.79 Å². The molecule has 4 heteroatoms. The monoisotopic (exact) mass is 222 g/mol. The van der Waals surface area contributed by atoms with Crippen LogP contribution in [0.5, 0.6) is 0 Å². The molecule has 0 unspecified atom stereocenters. The van der Waals surface area contributed by atoms with Crippen molar-refractivity contribution in [1.82, 2.24) is 4.90 Å². The van der Waals surface area contributed by atoms with E-state index in [4.69, 9.17) is 18.0 Å². The minimum absolute atomic E-state index is 0.260. The van der Waals surface area contributed by atoms with E-state index in [1.165, 1.54) is 4.90 Å². The van der Waals surface area contributed by atoms with Gasteiger partial charge in [-0.1, -0.05) is 29.7 Å². The maximum atomic E-state index is 11.5. The normalized spacial score (nSPS) is 9.13. The number of terminal acetylenes is 1. The number of rotatable bonds is 2. The summed E-state index contributed by atoms with van der Waals surface area (Å²) in [5, 5.41) is 3.15. The van der Waals surface area contributed by atoms with Crippen molar-refractivity contribution in [3.8, 4) is 12.3 Å². The molecule has 15 heavy (non-hydrogen) atoms. The van der Waals surface area contributed by atoms with Gasteiger partial charge in [0.05, 0.1) is 17.3 Å². The van der Waals surface area contributed by atoms with Crippen molar-refractivity contribution in [3.63, 3.8) is 0 Å². The van der Waals surface area contributed by atoms with E-state index >= 15 is 0 Å². The number of para-hydroxylation sites is 1. The van der Waals surface area contributed by atoms with Crippen LogP contribution < -0.4 is 5.32 Å². The van der Waals surface area contributed by atoms with E-state index in [0.29, 0.717) is 10.7 Å². The average molecular weight is 223 g/mol. The molecule has 0 aliphatic heterocycles. The number of anilines is 1. The van der Waals surface area contributed by atoms with Crippen LogP contribution in [0.3, 0.4) is 0 Å². The number of benzene rings is 1. The molecule has 0 aliphatic carbocycles. The summed E-state index contributed by atoms with van der Waals surface area (Å²) in [6.45, 7) is 0.260. The predicted molar refractivity (Wildman–Crippen MR) is 61.9 cm³/mol. The van der Waals surface area contributed by atoms with Gasteiger partial charge < -0.3 is 10.2 Å². The molecule has 0 saturated heterocycles. The fourth-order valence-electron chi connectivity index (χ4n) is 0.982. The van der Waals surface area contributed by atoms with E-state index < -0.39 is 0 Å². The predicted octanol–water partition coefficient (Wildman–Crippen LogP) is 2.44. The molecule has 0 bridgehead atoms. The van der Waals surface area contributed by atoms with Gasteiger partial charge in [0.1, 0.15) is 0 Å². The number of halogens is 1. The molecule has 0 fully saturated rings. The summed E-state index contributed by atoms with van der Waals surface area (Å²) in [6.07, 6.45) is 5.09. The first-order chi connectivity index (χ1) is 7.15. The molecule has 0 saturated carbocycles. The summed E-state index contributed by atoms with van der Waals surface area (Å²) in [5.74, 6) is 2.38. The highest BCUT2D eigenvalue weighted by atomic mass is 35.5. The van der Waals surface area contributed by atoms with Gasteiger partial charge in [-0.2, -0.15) is 0 Å². The van der Waals surface area contributed by atoms with Gasteiger partial charge in [0.15, 0.2) is 0 Å². The van der Waals surface area contributed by atoms with Crippen LogP contribution in [0.15, 0.2) is 24.3 Å². The zero-order valence-corrected chi connectivity index (χ0v) is 9.08. The number of hydrogen-bond acceptors (Lipinski definition) is 1. The van der Waals surface area contributed by atoms with Crippen LogP contribution in [-0.4, -0.2) is 24.5 Å². The smallest absolute Gasteiger partial charge is 0.316 e. The number of amides is 2. The first kappa shape index (κ1) is 11.4. The van der Waals surface area contributed by atoms with Gasteiger partial charge in [-0.05, 0) is 12.1 Å². The Hall–Kier alpha value is -1.66. The minimum atomic E-state index is -0.277. The number of nitrogens with one attached hydrogen (secondary N) is 1. The molecule has 78 valence electrons. The second-order valence-corrected chi connectivity index (χ2v) is 3.38. The molecule has 0 atom stereocenters. The third-order valence-electron chi connectivity index (χ3n) is 1.79. The molecule has 1 aromatic carbocycles. The Kier molecular flexibility index (Phi) is 4.02. The second kappa shape index (κ2) is 5.28. The van der Waals surface area contributed by atoms with Crippen LogP contribution >= 0.6 is 11.6 Å². The largest absolute Gasteiger partial charge is 0.322 e. The summed E-state index contributed by atoms with van der Waals surface area (Å²) in [7, 11) is 1.62. The Bertz CT molecular complexity index is 398. The highest BCUT2D eigenvalue weighted by Crippen LogP contribution is 2.20. The van der Waals surface area contributed by atoms with Crippen molar-refractivity contribution in [1.29, 1.82) is 0 Å². The molecular formula is C11H11ClN2O. The Morgan fingerprint density at radius 3 is 2.87 bits per heavy atom. The molecule has 0 spiro atoms. The first-order valence-corrected chi connectivity index (χ1v) is 4.73. The molecule has 0 radical (unpaired) electrons. The van der Waals surface area contributed by atoms with Gasteiger partial charge in [0.2, 0.25) is 0 Å². The van der Waals surface area contributed by atoms with Gasteiger partial charge >= 0.3 is 6.03 Å². The lowest BCUT2D eigenvalue weighted by molar-refractivity contribution is 0.227. The second-order valence-electron chi connectivity index (χ2n) is 2.97. The molecular weight excluding hydrogens is 212 g/mol. The summed E-state index contributed by atoms with van der Waals surface area (Å²) >= 11 is 5.88. The third kappa shape index (κ3) is 3.19. The van der Waals surface area contributed by atoms with Crippen molar-refractivity contribution >= 4 is 23.3 Å². The SMILES string of the molecule is C#CCN(C)C(=O)Nc1ccccc1Cl. The third-order valence-corrected chi connectivity index (χ3v) is 2.12. The zero-order valence-electron chi connectivity index (χ0n) is 8.33. The summed E-state index contributed by atoms with van der Waals surface area (Å²) < 4.78 is 0. The standard InChI is InChI=1S/C11H11ClN2O/c1-3-8-14(2)11(15)13-10-7-5-4-6-9(10)12/h1,4-7H,8H2,2H3,(H,13,15). The number of carbonyl (C=O) groups excluding carboxylic acids is 1. The van der Waals surface area contributed by atoms with Crippen LogP contribution in [-0.2, 0) is 0 Å². The van der Waals surface area contributed by atoms with Crippen LogP contribution in [0.4, 0.5) is 10.5 Å². The topological polar surface area (TPSA) is 32.3 Å². The van der Waals surface area contributed by atoms with Gasteiger partial charge in [0, 0.05) is 7.05 Å². The number of urea groups is 1. The molecule has 1 aromatic rings. The summed E-state index contributed by atoms with van der Waals surface area (Å²) in [4.78, 5) is 12.9. The summed E-state index contributed by atoms with van der Waals surface area (Å²) in [5.41, 5.74) is 0.577. The fraction of sp³-hybridized carbons (Fsp3) is 0.182. The lowest BCUT2D eigenvalue weighted by Crippen LogP contribution is -2.31. The number of nitrogens with zero attached hydrogens (tertiary/aromatic N) is 1. The Labute approximate surface area is 94.0 Å². The van der Waals surface area contributed by atoms with Crippen molar-refractivity contribution in [3.05, 3.63) is 29.3 Å². The minimum Gasteiger partial charge on any atom is -0.316 e. The quantitative estimate of drug-likeness (QED) is 0.766. The van der Waals surface area contributed by atoms with Crippen LogP contribution in [0, 0.1) is 12.3 Å². The maximum absolute atomic E-state index is 11.5. The average Bonchev–Trinajstić information content (AvgIpc) is 2.21.